The van der Waals surface area contributed by atoms with Crippen LogP contribution < -0.4 is 0 Å². The van der Waals surface area contributed by atoms with Gasteiger partial charge in [0.1, 0.15) is 16.9 Å². The van der Waals surface area contributed by atoms with Crippen LogP contribution in [0.2, 0.25) is 0 Å². The van der Waals surface area contributed by atoms with E-state index < -0.39 is 23.4 Å². The number of H-pyrrole nitrogens is 1. The third-order valence-electron chi connectivity index (χ3n) is 2.74. The zero-order chi connectivity index (χ0) is 16.0. The molecule has 7 heteroatoms. The Morgan fingerprint density at radius 1 is 1.24 bits per heavy atom. The molecule has 2 heterocycles. The minimum atomic E-state index is -4.53. The molecule has 0 saturated carbocycles. The van der Waals surface area contributed by atoms with Gasteiger partial charge in [-0.15, -0.1) is 0 Å². The smallest absolute Gasteiger partial charge is 0.433 e. The second-order valence-corrected chi connectivity index (χ2v) is 5.72. The van der Waals surface area contributed by atoms with Crippen molar-refractivity contribution in [3.8, 4) is 0 Å². The first kappa shape index (κ1) is 15.3. The third kappa shape index (κ3) is 3.17. The van der Waals surface area contributed by atoms with Gasteiger partial charge in [-0.25, -0.2) is 9.78 Å². The number of aryl methyl sites for hydroxylation is 1. The van der Waals surface area contributed by atoms with E-state index in [1.54, 1.807) is 27.7 Å². The molecule has 0 aromatic carbocycles. The molecule has 4 nitrogen and oxygen atoms in total. The molecule has 21 heavy (non-hydrogen) atoms. The molecule has 114 valence electrons. The lowest BCUT2D eigenvalue weighted by atomic mass is 10.1. The second kappa shape index (κ2) is 4.75. The number of carbonyl (C=O) groups is 1. The Hall–Kier alpha value is -2.05. The zero-order valence-electron chi connectivity index (χ0n) is 12.1. The fraction of sp³-hybridized carbons (Fsp3) is 0.429. The fourth-order valence-corrected chi connectivity index (χ4v) is 1.95. The number of halogens is 3. The number of esters is 1. The summed E-state index contributed by atoms with van der Waals surface area (Å²) in [7, 11) is 0. The zero-order valence-corrected chi connectivity index (χ0v) is 12.1. The lowest BCUT2D eigenvalue weighted by Crippen LogP contribution is -2.24. The monoisotopic (exact) mass is 300 g/mol. The molecule has 2 aromatic rings. The van der Waals surface area contributed by atoms with Crippen LogP contribution in [0.1, 0.15) is 42.5 Å². The minimum Gasteiger partial charge on any atom is -0.456 e. The third-order valence-corrected chi connectivity index (χ3v) is 2.74. The molecule has 0 aliphatic carbocycles. The number of alkyl halides is 3. The summed E-state index contributed by atoms with van der Waals surface area (Å²) in [6.45, 7) is 6.74. The van der Waals surface area contributed by atoms with Crippen LogP contribution in [0.15, 0.2) is 12.1 Å². The van der Waals surface area contributed by atoms with Crippen molar-refractivity contribution < 1.29 is 22.7 Å². The first-order valence-electron chi connectivity index (χ1n) is 6.29. The minimum absolute atomic E-state index is 0.0168. The number of rotatable bonds is 1. The van der Waals surface area contributed by atoms with Crippen LogP contribution in [0.4, 0.5) is 13.2 Å². The number of hydrogen-bond donors (Lipinski definition) is 1. The molecule has 0 bridgehead atoms. The van der Waals surface area contributed by atoms with E-state index in [1.165, 1.54) is 6.07 Å². The molecule has 0 unspecified atom stereocenters. The van der Waals surface area contributed by atoms with Crippen LogP contribution in [-0.2, 0) is 10.9 Å². The maximum absolute atomic E-state index is 12.6. The normalized spacial score (nSPS) is 12.7. The summed E-state index contributed by atoms with van der Waals surface area (Å²) in [5.74, 6) is -0.590. The highest BCUT2D eigenvalue weighted by molar-refractivity contribution is 6.04. The summed E-state index contributed by atoms with van der Waals surface area (Å²) in [4.78, 5) is 18.4. The van der Waals surface area contributed by atoms with E-state index in [-0.39, 0.29) is 11.2 Å². The molecule has 0 atom stereocenters. The van der Waals surface area contributed by atoms with Gasteiger partial charge in [0.15, 0.2) is 0 Å². The molecule has 0 amide bonds. The number of fused-ring (bicyclic) bond motifs is 1. The van der Waals surface area contributed by atoms with E-state index in [1.807, 2.05) is 0 Å². The first-order valence-corrected chi connectivity index (χ1v) is 6.29. The van der Waals surface area contributed by atoms with Gasteiger partial charge < -0.3 is 9.72 Å². The number of nitrogens with zero attached hydrogens (tertiary/aromatic N) is 1. The maximum Gasteiger partial charge on any atom is 0.433 e. The molecule has 2 rings (SSSR count). The van der Waals surface area contributed by atoms with E-state index in [9.17, 15) is 18.0 Å². The quantitative estimate of drug-likeness (QED) is 0.814. The van der Waals surface area contributed by atoms with Crippen molar-refractivity contribution in [2.24, 2.45) is 0 Å². The van der Waals surface area contributed by atoms with Crippen molar-refractivity contribution in [1.82, 2.24) is 9.97 Å². The summed E-state index contributed by atoms with van der Waals surface area (Å²) in [5.41, 5.74) is -1.05. The lowest BCUT2D eigenvalue weighted by molar-refractivity contribution is -0.141. The SMILES string of the molecule is Cc1[nH]c2nc(C(F)(F)F)ccc2c1C(=O)OC(C)(C)C. The standard InChI is InChI=1S/C14H15F3N2O2/c1-7-10(12(20)21-13(2,3)4)8-5-6-9(14(15,16)17)19-11(8)18-7/h5-6H,1-4H3,(H,18,19). The van der Waals surface area contributed by atoms with E-state index in [0.717, 1.165) is 6.07 Å². The Labute approximate surface area is 119 Å². The van der Waals surface area contributed by atoms with Gasteiger partial charge in [-0.2, -0.15) is 13.2 Å². The van der Waals surface area contributed by atoms with Gasteiger partial charge in [-0.3, -0.25) is 0 Å². The lowest BCUT2D eigenvalue weighted by Gasteiger charge is -2.19. The van der Waals surface area contributed by atoms with Crippen LogP contribution in [0.25, 0.3) is 11.0 Å². The first-order chi connectivity index (χ1) is 9.49. The van der Waals surface area contributed by atoms with Gasteiger partial charge in [-0.1, -0.05) is 0 Å². The van der Waals surface area contributed by atoms with Crippen LogP contribution in [-0.4, -0.2) is 21.5 Å². The molecule has 0 saturated heterocycles. The van der Waals surface area contributed by atoms with E-state index in [0.29, 0.717) is 11.1 Å². The van der Waals surface area contributed by atoms with E-state index >= 15 is 0 Å². The maximum atomic E-state index is 12.6. The van der Waals surface area contributed by atoms with Crippen LogP contribution >= 0.6 is 0 Å². The summed E-state index contributed by atoms with van der Waals surface area (Å²) < 4.78 is 43.2. The summed E-state index contributed by atoms with van der Waals surface area (Å²) in [5, 5.41) is 0.315. The number of ether oxygens (including phenoxy) is 1. The highest BCUT2D eigenvalue weighted by Gasteiger charge is 2.33. The molecule has 0 radical (unpaired) electrons. The molecular weight excluding hydrogens is 285 g/mol. The van der Waals surface area contributed by atoms with Gasteiger partial charge in [-0.05, 0) is 39.8 Å². The van der Waals surface area contributed by atoms with Gasteiger partial charge in [0.05, 0.1) is 5.56 Å². The fourth-order valence-electron chi connectivity index (χ4n) is 1.95. The molecule has 2 aromatic heterocycles. The average molecular weight is 300 g/mol. The number of carbonyl (C=O) groups excluding carboxylic acids is 1. The summed E-state index contributed by atoms with van der Waals surface area (Å²) in [6.07, 6.45) is -4.53. The van der Waals surface area contributed by atoms with Crippen molar-refractivity contribution >= 4 is 17.0 Å². The van der Waals surface area contributed by atoms with Gasteiger partial charge >= 0.3 is 12.1 Å². The number of hydrogen-bond acceptors (Lipinski definition) is 3. The predicted octanol–water partition coefficient (Wildman–Crippen LogP) is 3.85. The Morgan fingerprint density at radius 3 is 2.38 bits per heavy atom. The van der Waals surface area contributed by atoms with Crippen molar-refractivity contribution in [1.29, 1.82) is 0 Å². The largest absolute Gasteiger partial charge is 0.456 e. The molecule has 1 N–H and O–H groups in total. The number of nitrogens with one attached hydrogen (secondary N) is 1. The van der Waals surface area contributed by atoms with Crippen molar-refractivity contribution in [3.05, 3.63) is 29.1 Å². The Bertz CT molecular complexity index is 697. The number of aromatic nitrogens is 2. The number of aromatic amines is 1. The predicted molar refractivity (Wildman–Crippen MR) is 71.0 cm³/mol. The summed E-state index contributed by atoms with van der Waals surface area (Å²) >= 11 is 0. The summed E-state index contributed by atoms with van der Waals surface area (Å²) in [6, 6.07) is 2.08. The van der Waals surface area contributed by atoms with Gasteiger partial charge in [0.25, 0.3) is 0 Å². The molecule has 0 aliphatic rings. The van der Waals surface area contributed by atoms with Crippen LogP contribution in [0.3, 0.4) is 0 Å². The van der Waals surface area contributed by atoms with Gasteiger partial charge in [0.2, 0.25) is 0 Å². The van der Waals surface area contributed by atoms with Crippen LogP contribution in [0.5, 0.6) is 0 Å². The average Bonchev–Trinajstić information content (AvgIpc) is 2.59. The molecule has 0 spiro atoms. The van der Waals surface area contributed by atoms with Crippen molar-refractivity contribution in [2.45, 2.75) is 39.5 Å². The van der Waals surface area contributed by atoms with Crippen molar-refractivity contribution in [3.63, 3.8) is 0 Å². The second-order valence-electron chi connectivity index (χ2n) is 5.72. The Morgan fingerprint density at radius 2 is 1.86 bits per heavy atom. The molecule has 0 fully saturated rings. The highest BCUT2D eigenvalue weighted by atomic mass is 19.4. The molecular formula is C14H15F3N2O2. The van der Waals surface area contributed by atoms with E-state index in [2.05, 4.69) is 9.97 Å². The topological polar surface area (TPSA) is 55.0 Å². The molecule has 0 aliphatic heterocycles. The van der Waals surface area contributed by atoms with Crippen LogP contribution in [0, 0.1) is 6.92 Å². The number of pyridine rings is 1. The Balaban J connectivity index is 2.52. The van der Waals surface area contributed by atoms with Gasteiger partial charge in [0, 0.05) is 11.1 Å². The highest BCUT2D eigenvalue weighted by Crippen LogP contribution is 2.31. The Kier molecular flexibility index (Phi) is 3.47. The van der Waals surface area contributed by atoms with Crippen molar-refractivity contribution in [2.75, 3.05) is 0 Å². The van der Waals surface area contributed by atoms with E-state index in [4.69, 9.17) is 4.74 Å².